The van der Waals surface area contributed by atoms with Crippen molar-refractivity contribution in [3.63, 3.8) is 0 Å². The van der Waals surface area contributed by atoms with Crippen LogP contribution in [-0.2, 0) is 6.42 Å². The van der Waals surface area contributed by atoms with Gasteiger partial charge >= 0.3 is 0 Å². The van der Waals surface area contributed by atoms with Crippen molar-refractivity contribution in [2.75, 3.05) is 0 Å². The summed E-state index contributed by atoms with van der Waals surface area (Å²) in [6, 6.07) is 16.3. The summed E-state index contributed by atoms with van der Waals surface area (Å²) in [4.78, 5) is 4.33. The number of hydrogen-bond donors (Lipinski definition) is 1. The molecular weight excluding hydrogens is 310 g/mol. The second kappa shape index (κ2) is 5.30. The maximum Gasteiger partial charge on any atom is 0.0991 e. The van der Waals surface area contributed by atoms with Crippen molar-refractivity contribution in [2.45, 2.75) is 25.0 Å². The quantitative estimate of drug-likeness (QED) is 0.742. The van der Waals surface area contributed by atoms with Gasteiger partial charge in [-0.15, -0.1) is 0 Å². The summed E-state index contributed by atoms with van der Waals surface area (Å²) < 4.78 is 2.20. The molecule has 0 spiro atoms. The molecule has 1 unspecified atom stereocenters. The van der Waals surface area contributed by atoms with Gasteiger partial charge in [-0.05, 0) is 41.7 Å². The van der Waals surface area contributed by atoms with Crippen LogP contribution in [0.3, 0.4) is 0 Å². The molecule has 1 aromatic heterocycles. The number of aryl methyl sites for hydroxylation is 1. The molecule has 0 saturated carbocycles. The summed E-state index contributed by atoms with van der Waals surface area (Å²) in [5.74, 6) is 0.0945. The van der Waals surface area contributed by atoms with Crippen LogP contribution in [0.15, 0.2) is 55.0 Å². The summed E-state index contributed by atoms with van der Waals surface area (Å²) in [5.41, 5.74) is 6.32. The van der Waals surface area contributed by atoms with E-state index in [-0.39, 0.29) is 12.0 Å². The van der Waals surface area contributed by atoms with Crippen LogP contribution in [0.25, 0.3) is 11.3 Å². The van der Waals surface area contributed by atoms with Crippen LogP contribution >= 0.6 is 0 Å². The topological polar surface area (TPSA) is 61.8 Å². The van der Waals surface area contributed by atoms with Crippen molar-refractivity contribution < 1.29 is 5.11 Å². The Morgan fingerprint density at radius 1 is 1.16 bits per heavy atom. The van der Waals surface area contributed by atoms with Gasteiger partial charge in [-0.1, -0.05) is 30.3 Å². The fourth-order valence-electron chi connectivity index (χ4n) is 4.53. The molecule has 25 heavy (non-hydrogen) atoms. The molecule has 122 valence electrons. The normalized spacial score (nSPS) is 23.4. The van der Waals surface area contributed by atoms with Gasteiger partial charge in [-0.3, -0.25) is 0 Å². The lowest BCUT2D eigenvalue weighted by Crippen LogP contribution is -2.28. The van der Waals surface area contributed by atoms with Gasteiger partial charge in [0.1, 0.15) is 0 Å². The van der Waals surface area contributed by atoms with E-state index in [1.165, 1.54) is 11.1 Å². The number of fused-ring (bicyclic) bond motifs is 4. The molecule has 1 N–H and O–H groups in total. The van der Waals surface area contributed by atoms with Crippen LogP contribution in [0.2, 0.25) is 0 Å². The Kier molecular flexibility index (Phi) is 3.06. The highest BCUT2D eigenvalue weighted by atomic mass is 16.3. The molecule has 1 aliphatic carbocycles. The Morgan fingerprint density at radius 3 is 2.92 bits per heavy atom. The summed E-state index contributed by atoms with van der Waals surface area (Å²) in [6.07, 6.45) is 5.01. The SMILES string of the molecule is N#Cc1ccc2c(c1)CC[C@@H](C1c3ccccc3-c3cncn31)[C@@H]2O. The molecule has 4 nitrogen and oxygen atoms in total. The maximum atomic E-state index is 11.1. The molecule has 4 heteroatoms. The number of rotatable bonds is 1. The second-order valence-electron chi connectivity index (χ2n) is 6.89. The van der Waals surface area contributed by atoms with E-state index in [0.717, 1.165) is 29.7 Å². The molecular formula is C21H17N3O. The number of nitriles is 1. The second-order valence-corrected chi connectivity index (χ2v) is 6.89. The minimum atomic E-state index is -0.539. The molecule has 0 saturated heterocycles. The van der Waals surface area contributed by atoms with Gasteiger partial charge in [0.15, 0.2) is 0 Å². The molecule has 0 amide bonds. The molecule has 2 heterocycles. The van der Waals surface area contributed by atoms with E-state index >= 15 is 0 Å². The number of imidazole rings is 1. The Morgan fingerprint density at radius 2 is 2.04 bits per heavy atom. The number of aromatic nitrogens is 2. The van der Waals surface area contributed by atoms with Crippen LogP contribution < -0.4 is 0 Å². The zero-order chi connectivity index (χ0) is 17.0. The van der Waals surface area contributed by atoms with Gasteiger partial charge in [0.05, 0.1) is 42.0 Å². The molecule has 1 aliphatic heterocycles. The first-order valence-corrected chi connectivity index (χ1v) is 8.60. The summed E-state index contributed by atoms with van der Waals surface area (Å²) in [7, 11) is 0. The Bertz CT molecular complexity index is 1010. The van der Waals surface area contributed by atoms with Crippen molar-refractivity contribution in [1.29, 1.82) is 5.26 Å². The third-order valence-electron chi connectivity index (χ3n) is 5.67. The van der Waals surface area contributed by atoms with Crippen molar-refractivity contribution >= 4 is 0 Å². The Labute approximate surface area is 146 Å². The number of nitrogens with zero attached hydrogens (tertiary/aromatic N) is 3. The number of aliphatic hydroxyl groups is 1. The van der Waals surface area contributed by atoms with Crippen LogP contribution in [0.1, 0.15) is 40.8 Å². The van der Waals surface area contributed by atoms with Crippen molar-refractivity contribution in [1.82, 2.24) is 9.55 Å². The molecule has 2 aromatic carbocycles. The van der Waals surface area contributed by atoms with Crippen LogP contribution in [0.5, 0.6) is 0 Å². The van der Waals surface area contributed by atoms with Crippen molar-refractivity contribution in [2.24, 2.45) is 5.92 Å². The maximum absolute atomic E-state index is 11.1. The summed E-state index contributed by atoms with van der Waals surface area (Å²) in [5, 5.41) is 20.2. The van der Waals surface area contributed by atoms with Gasteiger partial charge in [-0.25, -0.2) is 4.98 Å². The third-order valence-corrected chi connectivity index (χ3v) is 5.67. The highest BCUT2D eigenvalue weighted by molar-refractivity contribution is 5.69. The van der Waals surface area contributed by atoms with Gasteiger partial charge in [0, 0.05) is 11.5 Å². The van der Waals surface area contributed by atoms with E-state index in [9.17, 15) is 5.11 Å². The Hall–Kier alpha value is -2.90. The average molecular weight is 327 g/mol. The van der Waals surface area contributed by atoms with Crippen molar-refractivity contribution in [3.8, 4) is 17.3 Å². The molecule has 0 fully saturated rings. The van der Waals surface area contributed by atoms with E-state index in [4.69, 9.17) is 5.26 Å². The van der Waals surface area contributed by atoms with Gasteiger partial charge < -0.3 is 9.67 Å². The minimum Gasteiger partial charge on any atom is -0.388 e. The number of hydrogen-bond acceptors (Lipinski definition) is 3. The van der Waals surface area contributed by atoms with Crippen LogP contribution in [0, 0.1) is 17.2 Å². The zero-order valence-electron chi connectivity index (χ0n) is 13.6. The fraction of sp³-hybridized carbons (Fsp3) is 0.238. The molecule has 3 aromatic rings. The summed E-state index contributed by atoms with van der Waals surface area (Å²) in [6.45, 7) is 0. The first-order chi connectivity index (χ1) is 12.3. The molecule has 0 radical (unpaired) electrons. The average Bonchev–Trinajstić information content (AvgIpc) is 3.23. The van der Waals surface area contributed by atoms with Crippen molar-refractivity contribution in [3.05, 3.63) is 77.2 Å². The number of aliphatic hydroxyl groups excluding tert-OH is 1. The lowest BCUT2D eigenvalue weighted by atomic mass is 9.75. The monoisotopic (exact) mass is 327 g/mol. The standard InChI is InChI=1S/C21H17N3O/c22-10-13-5-7-15-14(9-13)6-8-18(21(15)25)20-17-4-2-1-3-16(17)19-11-23-12-24(19)20/h1-5,7,9,11-12,18,20-21,25H,6,8H2/t18-,20?,21+/m0/s1. The fourth-order valence-corrected chi connectivity index (χ4v) is 4.53. The smallest absolute Gasteiger partial charge is 0.0991 e. The van der Waals surface area contributed by atoms with Gasteiger partial charge in [0.25, 0.3) is 0 Å². The first-order valence-electron chi connectivity index (χ1n) is 8.60. The highest BCUT2D eigenvalue weighted by Gasteiger charge is 2.40. The predicted molar refractivity (Wildman–Crippen MR) is 93.7 cm³/mol. The highest BCUT2D eigenvalue weighted by Crippen LogP contribution is 2.49. The van der Waals surface area contributed by atoms with E-state index < -0.39 is 6.10 Å². The van der Waals surface area contributed by atoms with Gasteiger partial charge in [-0.2, -0.15) is 5.26 Å². The molecule has 3 atom stereocenters. The van der Waals surface area contributed by atoms with Gasteiger partial charge in [0.2, 0.25) is 0 Å². The zero-order valence-corrected chi connectivity index (χ0v) is 13.6. The van der Waals surface area contributed by atoms with Crippen LogP contribution in [0.4, 0.5) is 0 Å². The minimum absolute atomic E-state index is 0.0945. The third kappa shape index (κ3) is 2.00. The lowest BCUT2D eigenvalue weighted by molar-refractivity contribution is 0.0720. The molecule has 0 bridgehead atoms. The lowest BCUT2D eigenvalue weighted by Gasteiger charge is -2.35. The summed E-state index contributed by atoms with van der Waals surface area (Å²) >= 11 is 0. The van der Waals surface area contributed by atoms with E-state index in [1.54, 1.807) is 6.07 Å². The first kappa shape index (κ1) is 14.4. The number of benzene rings is 2. The van der Waals surface area contributed by atoms with E-state index in [2.05, 4.69) is 39.9 Å². The Balaban J connectivity index is 1.60. The van der Waals surface area contributed by atoms with E-state index in [1.807, 2.05) is 24.7 Å². The van der Waals surface area contributed by atoms with Crippen LogP contribution in [-0.4, -0.2) is 14.7 Å². The molecule has 5 rings (SSSR count). The molecule has 2 aliphatic rings. The van der Waals surface area contributed by atoms with E-state index in [0.29, 0.717) is 5.56 Å². The predicted octanol–water partition coefficient (Wildman–Crippen LogP) is 3.62. The largest absolute Gasteiger partial charge is 0.388 e.